The number of rotatable bonds is 8. The number of likely N-dealkylation sites (N-methyl/N-ethyl adjacent to an activating group) is 1. The Bertz CT molecular complexity index is 1560. The molecule has 0 spiro atoms. The summed E-state index contributed by atoms with van der Waals surface area (Å²) >= 11 is 0. The molecule has 3 heterocycles. The summed E-state index contributed by atoms with van der Waals surface area (Å²) in [5.74, 6) is -0.462. The number of piperazine rings is 1. The van der Waals surface area contributed by atoms with Gasteiger partial charge >= 0.3 is 5.97 Å². The Morgan fingerprint density at radius 2 is 1.69 bits per heavy atom. The van der Waals surface area contributed by atoms with Crippen LogP contribution in [-0.2, 0) is 20.7 Å². The second kappa shape index (κ2) is 11.8. The van der Waals surface area contributed by atoms with Crippen molar-refractivity contribution in [1.82, 2.24) is 9.80 Å². The van der Waals surface area contributed by atoms with Crippen LogP contribution >= 0.6 is 0 Å². The highest BCUT2D eigenvalue weighted by Gasteiger charge is 2.30. The SMILES string of the molecule is COC(=O)c1ccc2c(c1)NC(=O)/C2=C(\Nc1ccc2c(c1)CCN2CC(=O)CN1CCN(C)CC1)c1ccccc1. The molecule has 216 valence electrons. The fourth-order valence-electron chi connectivity index (χ4n) is 5.92. The predicted octanol–water partition coefficient (Wildman–Crippen LogP) is 3.58. The molecule has 3 aromatic rings. The van der Waals surface area contributed by atoms with Gasteiger partial charge in [0.05, 0.1) is 42.7 Å². The zero-order valence-corrected chi connectivity index (χ0v) is 24.0. The van der Waals surface area contributed by atoms with Crippen molar-refractivity contribution in [3.63, 3.8) is 0 Å². The van der Waals surface area contributed by atoms with Crippen molar-refractivity contribution in [2.45, 2.75) is 6.42 Å². The summed E-state index contributed by atoms with van der Waals surface area (Å²) in [7, 11) is 3.45. The van der Waals surface area contributed by atoms with Gasteiger partial charge in [-0.2, -0.15) is 0 Å². The molecule has 1 amide bonds. The third-order valence-electron chi connectivity index (χ3n) is 8.20. The molecule has 3 aromatic carbocycles. The maximum absolute atomic E-state index is 13.3. The number of benzene rings is 3. The summed E-state index contributed by atoms with van der Waals surface area (Å²) in [6.07, 6.45) is 0.851. The highest BCUT2D eigenvalue weighted by atomic mass is 16.5. The molecule has 1 saturated heterocycles. The van der Waals surface area contributed by atoms with Gasteiger partial charge in [0.15, 0.2) is 5.78 Å². The number of ketones is 1. The minimum absolute atomic E-state index is 0.243. The van der Waals surface area contributed by atoms with E-state index < -0.39 is 5.97 Å². The summed E-state index contributed by atoms with van der Waals surface area (Å²) in [6, 6.07) is 21.0. The lowest BCUT2D eigenvalue weighted by atomic mass is 9.99. The van der Waals surface area contributed by atoms with E-state index in [0.717, 1.165) is 56.1 Å². The van der Waals surface area contributed by atoms with E-state index in [0.29, 0.717) is 41.2 Å². The van der Waals surface area contributed by atoms with Crippen molar-refractivity contribution < 1.29 is 19.1 Å². The van der Waals surface area contributed by atoms with Gasteiger partial charge in [0.25, 0.3) is 5.91 Å². The van der Waals surface area contributed by atoms with E-state index in [9.17, 15) is 14.4 Å². The largest absolute Gasteiger partial charge is 0.465 e. The molecule has 2 N–H and O–H groups in total. The first-order chi connectivity index (χ1) is 20.4. The van der Waals surface area contributed by atoms with Gasteiger partial charge in [-0.05, 0) is 54.9 Å². The molecule has 3 aliphatic rings. The number of carbonyl (C=O) groups is 3. The Hall–Kier alpha value is -4.47. The van der Waals surface area contributed by atoms with Crippen molar-refractivity contribution in [3.8, 4) is 0 Å². The molecule has 0 saturated carbocycles. The number of nitrogens with zero attached hydrogens (tertiary/aromatic N) is 3. The smallest absolute Gasteiger partial charge is 0.337 e. The normalized spacial score (nSPS) is 17.9. The van der Waals surface area contributed by atoms with Crippen molar-refractivity contribution in [3.05, 3.63) is 89.0 Å². The molecule has 0 bridgehead atoms. The number of methoxy groups -OCH3 is 1. The van der Waals surface area contributed by atoms with Crippen LogP contribution in [0.4, 0.5) is 17.1 Å². The molecule has 0 unspecified atom stereocenters. The Morgan fingerprint density at radius 1 is 0.905 bits per heavy atom. The highest BCUT2D eigenvalue weighted by molar-refractivity contribution is 6.37. The van der Waals surface area contributed by atoms with Crippen LogP contribution in [0.5, 0.6) is 0 Å². The highest BCUT2D eigenvalue weighted by Crippen LogP contribution is 2.39. The molecule has 1 fully saturated rings. The van der Waals surface area contributed by atoms with Crippen LogP contribution in [0.3, 0.4) is 0 Å². The number of ether oxygens (including phenoxy) is 1. The van der Waals surface area contributed by atoms with Crippen LogP contribution in [0.15, 0.2) is 66.7 Å². The summed E-state index contributed by atoms with van der Waals surface area (Å²) in [6.45, 7) is 5.58. The lowest BCUT2D eigenvalue weighted by Gasteiger charge is -2.32. The molecule has 0 atom stereocenters. The van der Waals surface area contributed by atoms with Gasteiger partial charge in [-0.3, -0.25) is 14.5 Å². The summed E-state index contributed by atoms with van der Waals surface area (Å²) in [4.78, 5) is 45.0. The Labute approximate surface area is 245 Å². The fraction of sp³-hybridized carbons (Fsp3) is 0.303. The van der Waals surface area contributed by atoms with E-state index in [4.69, 9.17) is 4.74 Å². The second-order valence-electron chi connectivity index (χ2n) is 11.1. The number of carbonyl (C=O) groups excluding carboxylic acids is 3. The number of esters is 1. The van der Waals surface area contributed by atoms with Crippen molar-refractivity contribution >= 4 is 46.0 Å². The quantitative estimate of drug-likeness (QED) is 0.316. The van der Waals surface area contributed by atoms with Gasteiger partial charge in [-0.1, -0.05) is 36.4 Å². The van der Waals surface area contributed by atoms with Crippen LogP contribution in [0, 0.1) is 0 Å². The first-order valence-electron chi connectivity index (χ1n) is 14.3. The van der Waals surface area contributed by atoms with Gasteiger partial charge in [0.1, 0.15) is 0 Å². The molecule has 6 rings (SSSR count). The van der Waals surface area contributed by atoms with Crippen LogP contribution in [0.25, 0.3) is 11.3 Å². The minimum Gasteiger partial charge on any atom is -0.465 e. The second-order valence-corrected chi connectivity index (χ2v) is 11.1. The Balaban J connectivity index is 1.25. The summed E-state index contributed by atoms with van der Waals surface area (Å²) < 4.78 is 4.85. The maximum Gasteiger partial charge on any atom is 0.337 e. The maximum atomic E-state index is 13.3. The van der Waals surface area contributed by atoms with E-state index in [2.05, 4.69) is 44.5 Å². The summed E-state index contributed by atoms with van der Waals surface area (Å²) in [5.41, 5.74) is 6.81. The van der Waals surface area contributed by atoms with Gasteiger partial charge in [0.2, 0.25) is 0 Å². The first-order valence-corrected chi connectivity index (χ1v) is 14.3. The number of Topliss-reactive ketones (excluding diaryl/α,β-unsaturated/α-hetero) is 1. The molecule has 0 aliphatic carbocycles. The van der Waals surface area contributed by atoms with E-state index in [-0.39, 0.29) is 11.7 Å². The number of amides is 1. The molecule has 0 radical (unpaired) electrons. The van der Waals surface area contributed by atoms with E-state index >= 15 is 0 Å². The van der Waals surface area contributed by atoms with Crippen molar-refractivity contribution in [1.29, 1.82) is 0 Å². The average Bonchev–Trinajstić information content (AvgIpc) is 3.55. The standard InChI is InChI=1S/C33H35N5O4/c1-36-14-16-37(17-15-36)20-26(39)21-38-13-12-23-18-25(9-11-29(23)38)34-31(22-6-4-3-5-7-22)30-27-10-8-24(33(41)42-2)19-28(27)35-32(30)40/h3-11,18-19,34H,12-17,20-21H2,1-2H3,(H,35,40)/b31-30-. The zero-order chi connectivity index (χ0) is 29.2. The third-order valence-corrected chi connectivity index (χ3v) is 8.20. The van der Waals surface area contributed by atoms with Crippen LogP contribution in [0.1, 0.15) is 27.0 Å². The molecular formula is C33H35N5O4. The average molecular weight is 566 g/mol. The van der Waals surface area contributed by atoms with Crippen molar-refractivity contribution in [2.24, 2.45) is 0 Å². The van der Waals surface area contributed by atoms with Gasteiger partial charge in [0, 0.05) is 49.7 Å². The number of hydrogen-bond acceptors (Lipinski definition) is 8. The van der Waals surface area contributed by atoms with E-state index in [1.165, 1.54) is 12.7 Å². The number of hydrogen-bond donors (Lipinski definition) is 2. The van der Waals surface area contributed by atoms with Crippen LogP contribution < -0.4 is 15.5 Å². The monoisotopic (exact) mass is 565 g/mol. The Morgan fingerprint density at radius 3 is 2.45 bits per heavy atom. The van der Waals surface area contributed by atoms with Crippen LogP contribution in [0.2, 0.25) is 0 Å². The Kier molecular flexibility index (Phi) is 7.78. The van der Waals surface area contributed by atoms with E-state index in [1.807, 2.05) is 36.4 Å². The number of fused-ring (bicyclic) bond motifs is 2. The molecule has 42 heavy (non-hydrogen) atoms. The molecule has 9 nitrogen and oxygen atoms in total. The van der Waals surface area contributed by atoms with Gasteiger partial charge < -0.3 is 25.2 Å². The third kappa shape index (κ3) is 5.66. The first kappa shape index (κ1) is 27.7. The zero-order valence-electron chi connectivity index (χ0n) is 24.0. The lowest BCUT2D eigenvalue weighted by molar-refractivity contribution is -0.119. The van der Waals surface area contributed by atoms with E-state index in [1.54, 1.807) is 18.2 Å². The van der Waals surface area contributed by atoms with Crippen molar-refractivity contribution in [2.75, 3.05) is 75.5 Å². The van der Waals surface area contributed by atoms with Gasteiger partial charge in [-0.15, -0.1) is 0 Å². The number of nitrogens with one attached hydrogen (secondary N) is 2. The molecule has 0 aromatic heterocycles. The minimum atomic E-state index is -0.459. The molecular weight excluding hydrogens is 530 g/mol. The fourth-order valence-corrected chi connectivity index (χ4v) is 5.92. The van der Waals surface area contributed by atoms with Gasteiger partial charge in [-0.25, -0.2) is 4.79 Å². The topological polar surface area (TPSA) is 94.2 Å². The number of anilines is 3. The lowest BCUT2D eigenvalue weighted by Crippen LogP contribution is -2.47. The molecule has 3 aliphatic heterocycles. The predicted molar refractivity (Wildman–Crippen MR) is 165 cm³/mol. The van der Waals surface area contributed by atoms with Crippen LogP contribution in [-0.4, -0.2) is 87.4 Å². The molecule has 9 heteroatoms. The summed E-state index contributed by atoms with van der Waals surface area (Å²) in [5, 5.41) is 6.44.